The monoisotopic (exact) mass is 573 g/mol. The molecule has 0 saturated carbocycles. The number of carbonyl (C=O) groups excluding carboxylic acids is 2. The van der Waals surface area contributed by atoms with Crippen LogP contribution in [-0.2, 0) is 22.6 Å². The van der Waals surface area contributed by atoms with Crippen molar-refractivity contribution in [3.63, 3.8) is 0 Å². The second kappa shape index (κ2) is 23.9. The van der Waals surface area contributed by atoms with Gasteiger partial charge in [-0.2, -0.15) is 9.59 Å². The topological polar surface area (TPSA) is 170 Å². The van der Waals surface area contributed by atoms with Crippen molar-refractivity contribution >= 4 is 45.9 Å². The largest absolute Gasteiger partial charge is 0.483 e. The van der Waals surface area contributed by atoms with Gasteiger partial charge in [0.05, 0.1) is 6.54 Å². The summed E-state index contributed by atoms with van der Waals surface area (Å²) in [4.78, 5) is 24.9. The van der Waals surface area contributed by atoms with Gasteiger partial charge >= 0.3 is 6.15 Å². The number of rotatable bonds is 15. The van der Waals surface area contributed by atoms with E-state index in [1.54, 1.807) is 0 Å². The zero-order chi connectivity index (χ0) is 29.5. The summed E-state index contributed by atoms with van der Waals surface area (Å²) in [5.74, 6) is 0. The lowest BCUT2D eigenvalue weighted by molar-refractivity contribution is -0.367. The highest BCUT2D eigenvalue weighted by atomic mass is 28.4. The van der Waals surface area contributed by atoms with Crippen LogP contribution in [-0.4, -0.2) is 70.6 Å². The van der Waals surface area contributed by atoms with Crippen LogP contribution in [0.15, 0.2) is 0 Å². The molecule has 35 heavy (non-hydrogen) atoms. The number of carboxylic acid groups (broad SMARTS) is 1. The maximum Gasteiger partial charge on any atom is 0.373 e. The molecular weight excluding hydrogens is 515 g/mol. The van der Waals surface area contributed by atoms with Crippen LogP contribution < -0.4 is 17.2 Å². The Morgan fingerprint density at radius 3 is 1.29 bits per heavy atom. The van der Waals surface area contributed by atoms with Gasteiger partial charge in [0.1, 0.15) is 0 Å². The van der Waals surface area contributed by atoms with Crippen LogP contribution in [0.25, 0.3) is 0 Å². The maximum atomic E-state index is 8.67. The van der Waals surface area contributed by atoms with Crippen molar-refractivity contribution in [3.8, 4) is 0 Å². The van der Waals surface area contributed by atoms with Gasteiger partial charge in [-0.1, -0.05) is 13.3 Å². The Morgan fingerprint density at radius 1 is 0.800 bits per heavy atom. The summed E-state index contributed by atoms with van der Waals surface area (Å²) < 4.78 is 18.3. The first kappa shape index (κ1) is 39.0. The first-order valence-corrected chi connectivity index (χ1v) is 25.1. The Labute approximate surface area is 220 Å². The average Bonchev–Trinajstić information content (AvgIpc) is 2.68. The fourth-order valence-electron chi connectivity index (χ4n) is 3.91. The van der Waals surface area contributed by atoms with Gasteiger partial charge in [0.2, 0.25) is 0 Å². The summed E-state index contributed by atoms with van der Waals surface area (Å²) in [6.45, 7) is 23.5. The lowest BCUT2D eigenvalue weighted by Gasteiger charge is -2.34. The molecule has 0 heterocycles. The second-order valence-electron chi connectivity index (χ2n) is 10.9. The molecule has 0 radical (unpaired) electrons. The third-order valence-corrected chi connectivity index (χ3v) is 20.2. The molecule has 0 bridgehead atoms. The van der Waals surface area contributed by atoms with Crippen LogP contribution in [0.1, 0.15) is 34.0 Å². The summed E-state index contributed by atoms with van der Waals surface area (Å²) in [6.07, 6.45) is 3.36. The molecule has 0 atom stereocenters. The van der Waals surface area contributed by atoms with E-state index in [1.165, 1.54) is 37.0 Å². The smallest absolute Gasteiger partial charge is 0.373 e. The van der Waals surface area contributed by atoms with Crippen LogP contribution in [0.3, 0.4) is 0 Å². The van der Waals surface area contributed by atoms with Gasteiger partial charge in [0, 0.05) is 0 Å². The molecular formula is C22H58N3O6Si4+. The van der Waals surface area contributed by atoms with Gasteiger partial charge in [-0.25, -0.2) is 0 Å². The Bertz CT molecular complexity index is 558. The number of hydrogen-bond donors (Lipinski definition) is 4. The molecule has 8 N–H and O–H groups in total. The zero-order valence-corrected chi connectivity index (χ0v) is 28.1. The summed E-state index contributed by atoms with van der Waals surface area (Å²) in [6, 6.07) is 4.94. The molecule has 0 aliphatic heterocycles. The van der Waals surface area contributed by atoms with Gasteiger partial charge in [0.25, 0.3) is 6.45 Å². The fourth-order valence-corrected chi connectivity index (χ4v) is 21.9. The molecule has 0 aliphatic rings. The predicted molar refractivity (Wildman–Crippen MR) is 155 cm³/mol. The highest BCUT2D eigenvalue weighted by Gasteiger charge is 2.32. The van der Waals surface area contributed by atoms with Gasteiger partial charge in [-0.05, 0) is 109 Å². The van der Waals surface area contributed by atoms with E-state index in [1.807, 2.05) is 0 Å². The standard InChI is InChI=1S/C10H28N2OSi2.C10H27NOSi2.CH2O2.CO2/c1-14(2,9-5-7-11)13-15(3,4)10-6-8-12;1-6-9-13(2,3)12-14(4,5)10-7-8-11;2*2-1-3/h5-12H2,1-4H3;6-11H2,1-5H3;1H,(H,2,3);/p+1/i;;1D;. The first-order valence-electron chi connectivity index (χ1n) is 13.1. The van der Waals surface area contributed by atoms with E-state index < -0.39 is 39.7 Å². The van der Waals surface area contributed by atoms with Crippen LogP contribution >= 0.6 is 0 Å². The Balaban J connectivity index is -0.000000226. The van der Waals surface area contributed by atoms with Gasteiger partial charge in [-0.3, -0.25) is 4.79 Å². The highest BCUT2D eigenvalue weighted by molar-refractivity contribution is 6.85. The molecule has 0 saturated heterocycles. The van der Waals surface area contributed by atoms with Crippen LogP contribution in [0.4, 0.5) is 0 Å². The summed E-state index contributed by atoms with van der Waals surface area (Å²) in [7, 11) is -5.66. The van der Waals surface area contributed by atoms with Crippen molar-refractivity contribution in [3.05, 3.63) is 0 Å². The number of nitrogens with two attached hydrogens (primary N) is 2. The third kappa shape index (κ3) is 35.8. The maximum absolute atomic E-state index is 8.67. The summed E-state index contributed by atoms with van der Waals surface area (Å²) in [5, 5.41) is 7.08. The average molecular weight is 574 g/mol. The predicted octanol–water partition coefficient (Wildman–Crippen LogP) is 3.68. The fraction of sp³-hybridized carbons (Fsp3) is 0.909. The van der Waals surface area contributed by atoms with E-state index in [9.17, 15) is 0 Å². The molecule has 0 unspecified atom stereocenters. The molecule has 0 aromatic heterocycles. The van der Waals surface area contributed by atoms with E-state index in [2.05, 4.69) is 65.0 Å². The molecule has 0 rings (SSSR count). The zero-order valence-electron chi connectivity index (χ0n) is 25.1. The Hall–Kier alpha value is -0.482. The SMILES string of the molecule is CCC[Si](C)(C)O[Si](C)(C)CCC[NH3+].C[Si](C)(CCCN)O[Si](C)(C)CCCN.O=C=O.[2H]C(=O)O. The normalized spacial score (nSPS) is 11.9. The number of carbonyl (C=O) groups is 1. The van der Waals surface area contributed by atoms with E-state index in [0.717, 1.165) is 32.5 Å². The quantitative estimate of drug-likeness (QED) is 0.170. The minimum atomic E-state index is -1.58. The van der Waals surface area contributed by atoms with Crippen molar-refractivity contribution in [2.45, 2.75) is 109 Å². The molecule has 0 aliphatic carbocycles. The summed E-state index contributed by atoms with van der Waals surface area (Å²) >= 11 is 0. The highest BCUT2D eigenvalue weighted by Crippen LogP contribution is 2.24. The van der Waals surface area contributed by atoms with Crippen molar-refractivity contribution in [2.75, 3.05) is 19.6 Å². The number of quaternary nitrogens is 1. The van der Waals surface area contributed by atoms with E-state index in [0.29, 0.717) is 0 Å². The van der Waals surface area contributed by atoms with Gasteiger partial charge in [-0.15, -0.1) is 0 Å². The van der Waals surface area contributed by atoms with Crippen LogP contribution in [0.2, 0.25) is 76.6 Å². The van der Waals surface area contributed by atoms with Gasteiger partial charge < -0.3 is 30.5 Å². The third-order valence-electron chi connectivity index (χ3n) is 4.95. The lowest BCUT2D eigenvalue weighted by atomic mass is 10.5. The van der Waals surface area contributed by atoms with Crippen LogP contribution in [0, 0.1) is 0 Å². The second-order valence-corrected chi connectivity index (χ2v) is 28.6. The molecule has 0 fully saturated rings. The Kier molecular flexibility index (Phi) is 26.6. The van der Waals surface area contributed by atoms with Crippen molar-refractivity contribution in [1.29, 1.82) is 0 Å². The molecule has 0 amide bonds. The lowest BCUT2D eigenvalue weighted by Crippen LogP contribution is -2.51. The summed E-state index contributed by atoms with van der Waals surface area (Å²) in [5.41, 5.74) is 15.0. The molecule has 9 nitrogen and oxygen atoms in total. The van der Waals surface area contributed by atoms with Crippen molar-refractivity contribution in [1.82, 2.24) is 0 Å². The Morgan fingerprint density at radius 2 is 1.06 bits per heavy atom. The van der Waals surface area contributed by atoms with Crippen molar-refractivity contribution in [2.24, 2.45) is 11.5 Å². The van der Waals surface area contributed by atoms with Crippen LogP contribution in [0.5, 0.6) is 0 Å². The molecule has 0 aromatic carbocycles. The van der Waals surface area contributed by atoms with E-state index in [-0.39, 0.29) is 6.15 Å². The molecule has 13 heteroatoms. The van der Waals surface area contributed by atoms with Gasteiger partial charge in [0.15, 0.2) is 34.6 Å². The number of hydrogen-bond acceptors (Lipinski definition) is 7. The minimum Gasteiger partial charge on any atom is -0.483 e. The minimum absolute atomic E-state index is 0.250. The molecule has 0 spiro atoms. The van der Waals surface area contributed by atoms with E-state index >= 15 is 0 Å². The first-order chi connectivity index (χ1) is 16.3. The van der Waals surface area contributed by atoms with Crippen molar-refractivity contribution < 1.29 is 34.8 Å². The molecule has 212 valence electrons. The van der Waals surface area contributed by atoms with E-state index in [4.69, 9.17) is 40.6 Å². The molecule has 0 aromatic rings.